The number of benzene rings is 2. The Hall–Kier alpha value is -2.40. The summed E-state index contributed by atoms with van der Waals surface area (Å²) in [5, 5.41) is 15.6. The third-order valence-corrected chi connectivity index (χ3v) is 4.11. The molecule has 0 unspecified atom stereocenters. The van der Waals surface area contributed by atoms with E-state index in [9.17, 15) is 9.90 Å². The summed E-state index contributed by atoms with van der Waals surface area (Å²) < 4.78 is 0. The molecule has 0 spiro atoms. The minimum atomic E-state index is -0.288. The van der Waals surface area contributed by atoms with Crippen molar-refractivity contribution in [2.75, 3.05) is 0 Å². The van der Waals surface area contributed by atoms with Crippen LogP contribution in [0.2, 0.25) is 0 Å². The lowest BCUT2D eigenvalue weighted by Crippen LogP contribution is -2.22. The first kappa shape index (κ1) is 13.6. The highest BCUT2D eigenvalue weighted by atomic mass is 32.1. The van der Waals surface area contributed by atoms with Crippen LogP contribution in [0.25, 0.3) is 10.8 Å². The molecule has 4 nitrogen and oxygen atoms in total. The topological polar surface area (TPSA) is 62.2 Å². The fourth-order valence-electron chi connectivity index (χ4n) is 2.16. The zero-order valence-corrected chi connectivity index (χ0v) is 12.3. The summed E-state index contributed by atoms with van der Waals surface area (Å²) in [5.74, 6) is -0.295. The average molecular weight is 298 g/mol. The molecule has 2 N–H and O–H groups in total. The molecule has 21 heavy (non-hydrogen) atoms. The number of phenols is 1. The molecule has 0 saturated heterocycles. The van der Waals surface area contributed by atoms with Crippen LogP contribution in [0.3, 0.4) is 0 Å². The molecule has 5 heteroatoms. The number of hydrogen-bond acceptors (Lipinski definition) is 4. The molecule has 0 bridgehead atoms. The predicted octanol–water partition coefficient (Wildman–Crippen LogP) is 3.24. The molecule has 0 aliphatic heterocycles. The molecule has 0 radical (unpaired) electrons. The molecule has 0 aliphatic carbocycles. The van der Waals surface area contributed by atoms with Crippen LogP contribution in [0.4, 0.5) is 0 Å². The van der Waals surface area contributed by atoms with Gasteiger partial charge in [0.25, 0.3) is 5.91 Å². The van der Waals surface area contributed by atoms with E-state index in [2.05, 4.69) is 10.3 Å². The van der Waals surface area contributed by atoms with Gasteiger partial charge in [-0.2, -0.15) is 0 Å². The number of nitrogens with one attached hydrogen (secondary N) is 1. The first-order chi connectivity index (χ1) is 10.1. The molecule has 1 amide bonds. The first-order valence-electron chi connectivity index (χ1n) is 6.55. The fraction of sp³-hybridized carbons (Fsp3) is 0.125. The van der Waals surface area contributed by atoms with Gasteiger partial charge >= 0.3 is 0 Å². The van der Waals surface area contributed by atoms with Crippen molar-refractivity contribution in [3.8, 4) is 5.75 Å². The van der Waals surface area contributed by atoms with E-state index < -0.39 is 0 Å². The minimum absolute atomic E-state index is 0.00770. The smallest absolute Gasteiger partial charge is 0.255 e. The van der Waals surface area contributed by atoms with Gasteiger partial charge in [0.05, 0.1) is 17.1 Å². The molecule has 1 heterocycles. The molecule has 3 aromatic rings. The van der Waals surface area contributed by atoms with Gasteiger partial charge in [0, 0.05) is 11.1 Å². The van der Waals surface area contributed by atoms with Gasteiger partial charge in [-0.25, -0.2) is 4.98 Å². The molecule has 0 atom stereocenters. The SMILES string of the molecule is Cc1ncc(CNC(=O)c2cc3ccccc3cc2O)s1. The lowest BCUT2D eigenvalue weighted by Gasteiger charge is -2.07. The Bertz CT molecular complexity index is 811. The number of fused-ring (bicyclic) bond motifs is 1. The number of aryl methyl sites for hydroxylation is 1. The van der Waals surface area contributed by atoms with Crippen molar-refractivity contribution in [1.82, 2.24) is 10.3 Å². The lowest BCUT2D eigenvalue weighted by molar-refractivity contribution is 0.0949. The van der Waals surface area contributed by atoms with E-state index in [0.717, 1.165) is 20.7 Å². The zero-order valence-electron chi connectivity index (χ0n) is 11.5. The van der Waals surface area contributed by atoms with Gasteiger partial charge in [-0.1, -0.05) is 24.3 Å². The number of carbonyl (C=O) groups is 1. The monoisotopic (exact) mass is 298 g/mol. The summed E-state index contributed by atoms with van der Waals surface area (Å²) in [6.07, 6.45) is 1.75. The van der Waals surface area contributed by atoms with Crippen LogP contribution in [-0.4, -0.2) is 16.0 Å². The fourth-order valence-corrected chi connectivity index (χ4v) is 2.89. The number of phenolic OH excluding ortho intramolecular Hbond substituents is 1. The Morgan fingerprint density at radius 3 is 2.67 bits per heavy atom. The van der Waals surface area contributed by atoms with E-state index in [1.54, 1.807) is 29.7 Å². The number of nitrogens with zero attached hydrogens (tertiary/aromatic N) is 1. The molecule has 0 aliphatic rings. The summed E-state index contributed by atoms with van der Waals surface area (Å²) in [7, 11) is 0. The van der Waals surface area contributed by atoms with Crippen LogP contribution in [0.1, 0.15) is 20.2 Å². The second-order valence-electron chi connectivity index (χ2n) is 4.74. The van der Waals surface area contributed by atoms with Crippen molar-refractivity contribution >= 4 is 28.0 Å². The zero-order chi connectivity index (χ0) is 14.8. The highest BCUT2D eigenvalue weighted by Gasteiger charge is 2.12. The van der Waals surface area contributed by atoms with Crippen molar-refractivity contribution in [2.45, 2.75) is 13.5 Å². The van der Waals surface area contributed by atoms with Gasteiger partial charge in [-0.15, -0.1) is 11.3 Å². The quantitative estimate of drug-likeness (QED) is 0.780. The summed E-state index contributed by atoms with van der Waals surface area (Å²) in [6, 6.07) is 10.9. The number of hydrogen-bond donors (Lipinski definition) is 2. The Morgan fingerprint density at radius 1 is 1.29 bits per heavy atom. The Labute approximate surface area is 126 Å². The van der Waals surface area contributed by atoms with Crippen molar-refractivity contribution < 1.29 is 9.90 Å². The molecule has 2 aromatic carbocycles. The van der Waals surface area contributed by atoms with Gasteiger partial charge in [-0.05, 0) is 29.8 Å². The largest absolute Gasteiger partial charge is 0.507 e. The summed E-state index contributed by atoms with van der Waals surface area (Å²) in [4.78, 5) is 17.3. The van der Waals surface area contributed by atoms with Gasteiger partial charge in [0.1, 0.15) is 5.75 Å². The van der Waals surface area contributed by atoms with Crippen molar-refractivity contribution in [3.05, 3.63) is 58.0 Å². The standard InChI is InChI=1S/C16H14N2O2S/c1-10-17-8-13(21-10)9-18-16(20)14-6-11-4-2-3-5-12(11)7-15(14)19/h2-8,19H,9H2,1H3,(H,18,20). The van der Waals surface area contributed by atoms with E-state index in [-0.39, 0.29) is 17.2 Å². The van der Waals surface area contributed by atoms with Gasteiger partial charge in [0.2, 0.25) is 0 Å². The van der Waals surface area contributed by atoms with E-state index in [1.807, 2.05) is 31.2 Å². The van der Waals surface area contributed by atoms with Gasteiger partial charge < -0.3 is 10.4 Å². The van der Waals surface area contributed by atoms with Crippen molar-refractivity contribution in [1.29, 1.82) is 0 Å². The van der Waals surface area contributed by atoms with Crippen molar-refractivity contribution in [2.24, 2.45) is 0 Å². The Balaban J connectivity index is 1.82. The van der Waals surface area contributed by atoms with Gasteiger partial charge in [-0.3, -0.25) is 4.79 Å². The number of rotatable bonds is 3. The Kier molecular flexibility index (Phi) is 3.58. The summed E-state index contributed by atoms with van der Waals surface area (Å²) >= 11 is 1.54. The number of aromatic hydroxyl groups is 1. The van der Waals surface area contributed by atoms with Crippen LogP contribution in [0.5, 0.6) is 5.75 Å². The molecule has 0 fully saturated rings. The third-order valence-electron chi connectivity index (χ3n) is 3.20. The van der Waals surface area contributed by atoms with E-state index in [1.165, 1.54) is 0 Å². The van der Waals surface area contributed by atoms with E-state index in [0.29, 0.717) is 6.54 Å². The molecular weight excluding hydrogens is 284 g/mol. The van der Waals surface area contributed by atoms with Crippen LogP contribution in [0, 0.1) is 6.92 Å². The van der Waals surface area contributed by atoms with E-state index in [4.69, 9.17) is 0 Å². The molecule has 106 valence electrons. The maximum Gasteiger partial charge on any atom is 0.255 e. The number of amides is 1. The molecule has 3 rings (SSSR count). The maximum absolute atomic E-state index is 12.2. The maximum atomic E-state index is 12.2. The highest BCUT2D eigenvalue weighted by Crippen LogP contribution is 2.25. The summed E-state index contributed by atoms with van der Waals surface area (Å²) in [6.45, 7) is 2.34. The first-order valence-corrected chi connectivity index (χ1v) is 7.36. The highest BCUT2D eigenvalue weighted by molar-refractivity contribution is 7.11. The minimum Gasteiger partial charge on any atom is -0.507 e. The van der Waals surface area contributed by atoms with Crippen LogP contribution in [0.15, 0.2) is 42.6 Å². The number of aromatic nitrogens is 1. The normalized spacial score (nSPS) is 10.7. The van der Waals surface area contributed by atoms with Gasteiger partial charge in [0.15, 0.2) is 0 Å². The van der Waals surface area contributed by atoms with Crippen molar-refractivity contribution in [3.63, 3.8) is 0 Å². The predicted molar refractivity (Wildman–Crippen MR) is 83.6 cm³/mol. The third kappa shape index (κ3) is 2.87. The average Bonchev–Trinajstić information content (AvgIpc) is 2.89. The van der Waals surface area contributed by atoms with Crippen LogP contribution in [-0.2, 0) is 6.54 Å². The van der Waals surface area contributed by atoms with E-state index >= 15 is 0 Å². The lowest BCUT2D eigenvalue weighted by atomic mass is 10.1. The summed E-state index contributed by atoms with van der Waals surface area (Å²) in [5.41, 5.74) is 0.287. The molecule has 0 saturated carbocycles. The molecule has 1 aromatic heterocycles. The number of thiazole rings is 1. The second-order valence-corrected chi connectivity index (χ2v) is 6.06. The molecular formula is C16H14N2O2S. The second kappa shape index (κ2) is 5.54. The number of carbonyl (C=O) groups excluding carboxylic acids is 1. The van der Waals surface area contributed by atoms with Crippen LogP contribution < -0.4 is 5.32 Å². The van der Waals surface area contributed by atoms with Crippen LogP contribution >= 0.6 is 11.3 Å². The Morgan fingerprint density at radius 2 is 2.00 bits per heavy atom.